The maximum Gasteiger partial charge on any atom is 0.303 e. The molecule has 1 aliphatic heterocycles. The maximum absolute atomic E-state index is 14.6. The van der Waals surface area contributed by atoms with Gasteiger partial charge in [-0.2, -0.15) is 0 Å². The highest BCUT2D eigenvalue weighted by Gasteiger charge is 2.47. The van der Waals surface area contributed by atoms with Crippen LogP contribution in [0.3, 0.4) is 0 Å². The van der Waals surface area contributed by atoms with Gasteiger partial charge in [-0.05, 0) is 33.6 Å². The van der Waals surface area contributed by atoms with Gasteiger partial charge < -0.3 is 14.2 Å². The fraction of sp³-hybridized carbons (Fsp3) is 0.857. The largest absolute Gasteiger partial charge is 0.463 e. The van der Waals surface area contributed by atoms with Gasteiger partial charge in [0.2, 0.25) is 0 Å². The molecule has 0 aromatic carbocycles. The summed E-state index contributed by atoms with van der Waals surface area (Å²) >= 11 is 0. The third-order valence-corrected chi connectivity index (χ3v) is 3.53. The van der Waals surface area contributed by atoms with Crippen LogP contribution in [0, 0.1) is 0 Å². The van der Waals surface area contributed by atoms with E-state index >= 15 is 0 Å². The van der Waals surface area contributed by atoms with Gasteiger partial charge in [-0.3, -0.25) is 9.59 Å². The Bertz CT molecular complexity index is 378. The third-order valence-electron chi connectivity index (χ3n) is 3.53. The van der Waals surface area contributed by atoms with Gasteiger partial charge in [-0.25, -0.2) is 4.39 Å². The molecule has 1 saturated heterocycles. The number of halogens is 1. The molecule has 5 nitrogen and oxygen atoms in total. The molecule has 0 radical (unpaired) electrons. The van der Waals surface area contributed by atoms with Gasteiger partial charge in [0, 0.05) is 13.8 Å². The Hall–Kier alpha value is -1.17. The van der Waals surface area contributed by atoms with Crippen molar-refractivity contribution in [3.8, 4) is 0 Å². The Morgan fingerprint density at radius 2 is 1.85 bits per heavy atom. The van der Waals surface area contributed by atoms with Crippen LogP contribution < -0.4 is 0 Å². The Labute approximate surface area is 118 Å². The van der Waals surface area contributed by atoms with Crippen LogP contribution in [-0.4, -0.2) is 42.0 Å². The zero-order valence-electron chi connectivity index (χ0n) is 12.7. The number of carbonyl (C=O) groups is 2. The summed E-state index contributed by atoms with van der Waals surface area (Å²) in [5.74, 6) is -0.909. The molecule has 116 valence electrons. The smallest absolute Gasteiger partial charge is 0.303 e. The van der Waals surface area contributed by atoms with E-state index in [-0.39, 0.29) is 13.0 Å². The summed E-state index contributed by atoms with van der Waals surface area (Å²) < 4.78 is 30.5. The van der Waals surface area contributed by atoms with E-state index in [0.717, 1.165) is 0 Å². The van der Waals surface area contributed by atoms with Crippen molar-refractivity contribution in [1.82, 2.24) is 0 Å². The van der Waals surface area contributed by atoms with E-state index in [1.165, 1.54) is 20.8 Å². The van der Waals surface area contributed by atoms with E-state index in [1.807, 2.05) is 0 Å². The summed E-state index contributed by atoms with van der Waals surface area (Å²) in [4.78, 5) is 22.0. The van der Waals surface area contributed by atoms with E-state index in [9.17, 15) is 14.0 Å². The molecular formula is C14H23FO5. The Kier molecular flexibility index (Phi) is 5.13. The third kappa shape index (κ3) is 4.44. The molecule has 0 aromatic rings. The zero-order chi connectivity index (χ0) is 15.6. The van der Waals surface area contributed by atoms with Crippen LogP contribution in [0.15, 0.2) is 0 Å². The first kappa shape index (κ1) is 16.9. The fourth-order valence-corrected chi connectivity index (χ4v) is 2.29. The van der Waals surface area contributed by atoms with Crippen molar-refractivity contribution in [2.24, 2.45) is 0 Å². The molecule has 20 heavy (non-hydrogen) atoms. The van der Waals surface area contributed by atoms with Crippen LogP contribution in [0.5, 0.6) is 0 Å². The number of rotatable bonds is 3. The zero-order valence-corrected chi connectivity index (χ0v) is 12.7. The highest BCUT2D eigenvalue weighted by Crippen LogP contribution is 2.37. The normalized spacial score (nSPS) is 33.1. The molecule has 0 aromatic heterocycles. The van der Waals surface area contributed by atoms with Crippen LogP contribution in [0.1, 0.15) is 47.5 Å². The standard InChI is InChI=1S/C14H23FO5/c1-9(16)18-8-12-14(5,15)7-6-11(19-10(2)17)13(3,4)20-12/h11-12H,6-8H2,1-5H3/t11-,12-,14+/m1/s1. The van der Waals surface area contributed by atoms with E-state index in [0.29, 0.717) is 6.42 Å². The summed E-state index contributed by atoms with van der Waals surface area (Å²) in [6.07, 6.45) is -0.893. The minimum Gasteiger partial charge on any atom is -0.463 e. The van der Waals surface area contributed by atoms with Gasteiger partial charge in [0.15, 0.2) is 0 Å². The summed E-state index contributed by atoms with van der Waals surface area (Å²) in [6.45, 7) is 7.31. The molecule has 0 amide bonds. The molecule has 1 fully saturated rings. The second-order valence-corrected chi connectivity index (χ2v) is 5.93. The highest BCUT2D eigenvalue weighted by molar-refractivity contribution is 5.66. The number of hydrogen-bond acceptors (Lipinski definition) is 5. The molecule has 0 saturated carbocycles. The molecule has 6 heteroatoms. The van der Waals surface area contributed by atoms with Gasteiger partial charge in [-0.1, -0.05) is 0 Å². The lowest BCUT2D eigenvalue weighted by Gasteiger charge is -2.35. The van der Waals surface area contributed by atoms with Crippen LogP contribution in [0.2, 0.25) is 0 Å². The van der Waals surface area contributed by atoms with E-state index in [1.54, 1.807) is 13.8 Å². The van der Waals surface area contributed by atoms with Crippen molar-refractivity contribution in [2.45, 2.75) is 70.9 Å². The van der Waals surface area contributed by atoms with Crippen molar-refractivity contribution in [1.29, 1.82) is 0 Å². The van der Waals surface area contributed by atoms with Gasteiger partial charge in [0.05, 0.1) is 0 Å². The lowest BCUT2D eigenvalue weighted by molar-refractivity contribution is -0.189. The fourth-order valence-electron chi connectivity index (χ4n) is 2.29. The van der Waals surface area contributed by atoms with Crippen molar-refractivity contribution in [2.75, 3.05) is 6.61 Å². The monoisotopic (exact) mass is 290 g/mol. The van der Waals surface area contributed by atoms with Gasteiger partial charge in [0.25, 0.3) is 0 Å². The minimum atomic E-state index is -1.65. The summed E-state index contributed by atoms with van der Waals surface area (Å²) in [6, 6.07) is 0. The predicted molar refractivity (Wildman–Crippen MR) is 69.9 cm³/mol. The van der Waals surface area contributed by atoms with E-state index in [2.05, 4.69) is 0 Å². The number of ether oxygens (including phenoxy) is 3. The maximum atomic E-state index is 14.6. The molecule has 3 atom stereocenters. The Morgan fingerprint density at radius 3 is 2.35 bits per heavy atom. The summed E-state index contributed by atoms with van der Waals surface area (Å²) in [5.41, 5.74) is -2.50. The van der Waals surface area contributed by atoms with Crippen molar-refractivity contribution in [3.05, 3.63) is 0 Å². The average molecular weight is 290 g/mol. The SMILES string of the molecule is CC(=O)OC[C@H]1OC(C)(C)[C@H](OC(C)=O)CC[C@]1(C)F. The van der Waals surface area contributed by atoms with Crippen LogP contribution in [0.25, 0.3) is 0 Å². The van der Waals surface area contributed by atoms with Gasteiger partial charge in [-0.15, -0.1) is 0 Å². The molecule has 0 spiro atoms. The molecule has 0 bridgehead atoms. The lowest BCUT2D eigenvalue weighted by Crippen LogP contribution is -2.47. The number of hydrogen-bond donors (Lipinski definition) is 0. The first-order chi connectivity index (χ1) is 9.04. The molecule has 0 aliphatic carbocycles. The van der Waals surface area contributed by atoms with Gasteiger partial charge >= 0.3 is 11.9 Å². The summed E-state index contributed by atoms with van der Waals surface area (Å²) in [5, 5.41) is 0. The second-order valence-electron chi connectivity index (χ2n) is 5.93. The molecular weight excluding hydrogens is 267 g/mol. The van der Waals surface area contributed by atoms with E-state index < -0.39 is 35.4 Å². The summed E-state index contributed by atoms with van der Waals surface area (Å²) in [7, 11) is 0. The lowest BCUT2D eigenvalue weighted by atomic mass is 9.93. The topological polar surface area (TPSA) is 61.8 Å². The number of alkyl halides is 1. The number of esters is 2. The first-order valence-electron chi connectivity index (χ1n) is 6.72. The van der Waals surface area contributed by atoms with E-state index in [4.69, 9.17) is 14.2 Å². The predicted octanol–water partition coefficient (Wildman–Crippen LogP) is 2.17. The van der Waals surface area contributed by atoms with Crippen LogP contribution in [-0.2, 0) is 23.8 Å². The van der Waals surface area contributed by atoms with Crippen LogP contribution >= 0.6 is 0 Å². The molecule has 1 aliphatic rings. The Morgan fingerprint density at radius 1 is 1.25 bits per heavy atom. The molecule has 0 unspecified atom stereocenters. The first-order valence-corrected chi connectivity index (χ1v) is 6.72. The minimum absolute atomic E-state index is 0.154. The van der Waals surface area contributed by atoms with Crippen LogP contribution in [0.4, 0.5) is 4.39 Å². The second kappa shape index (κ2) is 6.08. The highest BCUT2D eigenvalue weighted by atomic mass is 19.1. The van der Waals surface area contributed by atoms with Crippen molar-refractivity contribution in [3.63, 3.8) is 0 Å². The molecule has 1 rings (SSSR count). The molecule has 0 N–H and O–H groups in total. The number of carbonyl (C=O) groups excluding carboxylic acids is 2. The van der Waals surface area contributed by atoms with Crippen molar-refractivity contribution < 1.29 is 28.2 Å². The quantitative estimate of drug-likeness (QED) is 0.745. The van der Waals surface area contributed by atoms with Gasteiger partial charge in [0.1, 0.15) is 30.1 Å². The van der Waals surface area contributed by atoms with Crippen molar-refractivity contribution >= 4 is 11.9 Å². The Balaban J connectivity index is 2.87. The average Bonchev–Trinajstić information content (AvgIpc) is 2.35. The molecule has 1 heterocycles.